The molecule has 96 valence electrons. The molecule has 0 saturated carbocycles. The van der Waals surface area contributed by atoms with Crippen LogP contribution in [0, 0.1) is 0 Å². The smallest absolute Gasteiger partial charge is 0.246 e. The summed E-state index contributed by atoms with van der Waals surface area (Å²) in [6.45, 7) is 0.0279. The third-order valence-corrected chi connectivity index (χ3v) is 3.84. The predicted octanol–water partition coefficient (Wildman–Crippen LogP) is -0.413. The van der Waals surface area contributed by atoms with Crippen LogP contribution >= 0.6 is 0 Å². The van der Waals surface area contributed by atoms with E-state index in [2.05, 4.69) is 14.7 Å². The van der Waals surface area contributed by atoms with Gasteiger partial charge in [0.25, 0.3) is 0 Å². The number of aryl methyl sites for hydroxylation is 1. The van der Waals surface area contributed by atoms with Crippen molar-refractivity contribution in [3.63, 3.8) is 0 Å². The molecule has 0 saturated heterocycles. The van der Waals surface area contributed by atoms with Gasteiger partial charge in [-0.25, -0.2) is 18.1 Å². The first-order valence-electron chi connectivity index (χ1n) is 5.14. The van der Waals surface area contributed by atoms with E-state index in [9.17, 15) is 13.2 Å². The molecule has 0 aliphatic carbocycles. The Morgan fingerprint density at radius 1 is 1.50 bits per heavy atom. The Hall–Kier alpha value is -1.93. The number of hydrogen-bond acceptors (Lipinski definition) is 4. The number of nitrogens with one attached hydrogen (secondary N) is 2. The molecular formula is C10H12N4O3S. The molecule has 2 N–H and O–H groups in total. The summed E-state index contributed by atoms with van der Waals surface area (Å²) in [4.78, 5) is 17.7. The minimum atomic E-state index is -3.83. The van der Waals surface area contributed by atoms with Crippen LogP contribution < -0.4 is 10.2 Å². The molecule has 2 rings (SSSR count). The maximum atomic E-state index is 11.9. The molecule has 8 heteroatoms. The van der Waals surface area contributed by atoms with Crippen molar-refractivity contribution in [3.05, 3.63) is 46.9 Å². The third kappa shape index (κ3) is 2.49. The molecule has 0 amide bonds. The van der Waals surface area contributed by atoms with E-state index in [1.165, 1.54) is 6.20 Å². The van der Waals surface area contributed by atoms with Crippen molar-refractivity contribution in [2.75, 3.05) is 0 Å². The third-order valence-electron chi connectivity index (χ3n) is 2.42. The lowest BCUT2D eigenvalue weighted by Crippen LogP contribution is -2.28. The van der Waals surface area contributed by atoms with Crippen LogP contribution in [0.2, 0.25) is 0 Å². The molecule has 0 spiro atoms. The van der Waals surface area contributed by atoms with Crippen molar-refractivity contribution in [1.82, 2.24) is 19.3 Å². The highest BCUT2D eigenvalue weighted by atomic mass is 32.2. The summed E-state index contributed by atoms with van der Waals surface area (Å²) < 4.78 is 27.8. The zero-order chi connectivity index (χ0) is 13.2. The lowest BCUT2D eigenvalue weighted by molar-refractivity contribution is 0.576. The Labute approximate surface area is 104 Å². The highest BCUT2D eigenvalue weighted by Crippen LogP contribution is 2.02. The van der Waals surface area contributed by atoms with E-state index < -0.39 is 15.5 Å². The number of hydrogen-bond donors (Lipinski definition) is 2. The standard InChI is InChI=1S/C10H12N4O3S/c1-14-5-4-12-10(14)7-13-18(16,17)9-6-11-3-2-8(9)15/h2-6,13H,7H2,1H3,(H,11,15). The zero-order valence-corrected chi connectivity index (χ0v) is 10.4. The number of nitrogens with zero attached hydrogens (tertiary/aromatic N) is 2. The van der Waals surface area contributed by atoms with Crippen molar-refractivity contribution in [2.24, 2.45) is 7.05 Å². The van der Waals surface area contributed by atoms with Crippen molar-refractivity contribution in [2.45, 2.75) is 11.4 Å². The molecule has 2 aromatic heterocycles. The molecule has 2 heterocycles. The van der Waals surface area contributed by atoms with Gasteiger partial charge in [-0.05, 0) is 0 Å². The lowest BCUT2D eigenvalue weighted by atomic mass is 10.5. The van der Waals surface area contributed by atoms with E-state index in [4.69, 9.17) is 0 Å². The van der Waals surface area contributed by atoms with Crippen molar-refractivity contribution < 1.29 is 8.42 Å². The molecule has 0 atom stereocenters. The van der Waals surface area contributed by atoms with Gasteiger partial charge < -0.3 is 9.55 Å². The van der Waals surface area contributed by atoms with Gasteiger partial charge in [0.1, 0.15) is 10.7 Å². The lowest BCUT2D eigenvalue weighted by Gasteiger charge is -2.05. The quantitative estimate of drug-likeness (QED) is 0.787. The molecule has 0 radical (unpaired) electrons. The van der Waals surface area contributed by atoms with E-state index in [-0.39, 0.29) is 11.4 Å². The summed E-state index contributed by atoms with van der Waals surface area (Å²) in [6, 6.07) is 1.16. The van der Waals surface area contributed by atoms with Crippen LogP contribution in [0.5, 0.6) is 0 Å². The predicted molar refractivity (Wildman–Crippen MR) is 64.3 cm³/mol. The van der Waals surface area contributed by atoms with Gasteiger partial charge in [0.15, 0.2) is 0 Å². The number of imidazole rings is 1. The highest BCUT2D eigenvalue weighted by molar-refractivity contribution is 7.89. The van der Waals surface area contributed by atoms with E-state index >= 15 is 0 Å². The van der Waals surface area contributed by atoms with Crippen molar-refractivity contribution in [3.8, 4) is 0 Å². The van der Waals surface area contributed by atoms with Crippen molar-refractivity contribution in [1.29, 1.82) is 0 Å². The van der Waals surface area contributed by atoms with E-state index in [0.29, 0.717) is 5.82 Å². The normalized spacial score (nSPS) is 11.6. The fourth-order valence-electron chi connectivity index (χ4n) is 1.41. The van der Waals surface area contributed by atoms with E-state index in [1.54, 1.807) is 24.0 Å². The maximum absolute atomic E-state index is 11.9. The van der Waals surface area contributed by atoms with Crippen LogP contribution in [-0.2, 0) is 23.6 Å². The summed E-state index contributed by atoms with van der Waals surface area (Å²) >= 11 is 0. The molecule has 0 fully saturated rings. The Morgan fingerprint density at radius 3 is 2.89 bits per heavy atom. The van der Waals surface area contributed by atoms with Gasteiger partial charge in [-0.1, -0.05) is 0 Å². The second-order valence-electron chi connectivity index (χ2n) is 3.65. The van der Waals surface area contributed by atoms with Gasteiger partial charge in [0.2, 0.25) is 15.5 Å². The molecule has 0 aromatic carbocycles. The van der Waals surface area contributed by atoms with Crippen LogP contribution in [0.15, 0.2) is 40.5 Å². The Balaban J connectivity index is 2.21. The van der Waals surface area contributed by atoms with Crippen LogP contribution in [0.4, 0.5) is 0 Å². The van der Waals surface area contributed by atoms with Crippen LogP contribution in [-0.4, -0.2) is 23.0 Å². The van der Waals surface area contributed by atoms with Gasteiger partial charge in [0.05, 0.1) is 6.54 Å². The molecule has 7 nitrogen and oxygen atoms in total. The molecular weight excluding hydrogens is 256 g/mol. The second kappa shape index (κ2) is 4.75. The van der Waals surface area contributed by atoms with Gasteiger partial charge in [-0.15, -0.1) is 0 Å². The summed E-state index contributed by atoms with van der Waals surface area (Å²) in [5.74, 6) is 0.561. The molecule has 2 aromatic rings. The maximum Gasteiger partial charge on any atom is 0.246 e. The molecule has 0 unspecified atom stereocenters. The number of sulfonamides is 1. The number of rotatable bonds is 4. The Morgan fingerprint density at radius 2 is 2.28 bits per heavy atom. The summed E-state index contributed by atoms with van der Waals surface area (Å²) in [7, 11) is -2.07. The van der Waals surface area contributed by atoms with Crippen molar-refractivity contribution >= 4 is 10.0 Å². The molecule has 18 heavy (non-hydrogen) atoms. The van der Waals surface area contributed by atoms with Gasteiger partial charge in [0, 0.05) is 37.9 Å². The Bertz CT molecular complexity index is 702. The first kappa shape index (κ1) is 12.5. The van der Waals surface area contributed by atoms with Gasteiger partial charge >= 0.3 is 0 Å². The van der Waals surface area contributed by atoms with Crippen LogP contribution in [0.25, 0.3) is 0 Å². The first-order chi connectivity index (χ1) is 8.50. The average molecular weight is 268 g/mol. The summed E-state index contributed by atoms with van der Waals surface area (Å²) in [5.41, 5.74) is -0.555. The topological polar surface area (TPSA) is 96.8 Å². The monoisotopic (exact) mass is 268 g/mol. The number of H-pyrrole nitrogens is 1. The van der Waals surface area contributed by atoms with Crippen LogP contribution in [0.3, 0.4) is 0 Å². The highest BCUT2D eigenvalue weighted by Gasteiger charge is 2.17. The van der Waals surface area contributed by atoms with Gasteiger partial charge in [-0.3, -0.25) is 4.79 Å². The first-order valence-corrected chi connectivity index (χ1v) is 6.62. The SMILES string of the molecule is Cn1ccnc1CNS(=O)(=O)c1c[nH]ccc1=O. The minimum absolute atomic E-state index is 0.0279. The number of aromatic amines is 1. The minimum Gasteiger partial charge on any atom is -0.366 e. The molecule has 0 aliphatic rings. The zero-order valence-electron chi connectivity index (χ0n) is 9.62. The van der Waals surface area contributed by atoms with E-state index in [0.717, 1.165) is 12.3 Å². The number of pyridine rings is 1. The van der Waals surface area contributed by atoms with Crippen LogP contribution in [0.1, 0.15) is 5.82 Å². The average Bonchev–Trinajstić information content (AvgIpc) is 2.73. The van der Waals surface area contributed by atoms with Gasteiger partial charge in [-0.2, -0.15) is 0 Å². The number of aromatic nitrogens is 3. The summed E-state index contributed by atoms with van der Waals surface area (Å²) in [5, 5.41) is 0. The fraction of sp³-hybridized carbons (Fsp3) is 0.200. The summed E-state index contributed by atoms with van der Waals surface area (Å²) in [6.07, 6.45) is 5.81. The molecule has 0 bridgehead atoms. The van der Waals surface area contributed by atoms with E-state index in [1.807, 2.05) is 0 Å². The fourth-order valence-corrected chi connectivity index (χ4v) is 2.45. The molecule has 0 aliphatic heterocycles. The Kier molecular flexibility index (Phi) is 3.30. The second-order valence-corrected chi connectivity index (χ2v) is 5.39. The largest absolute Gasteiger partial charge is 0.366 e.